The zero-order valence-electron chi connectivity index (χ0n) is 20.3. The number of unbranched alkanes of at least 4 members (excludes halogenated alkanes) is 5. The van der Waals surface area contributed by atoms with Crippen molar-refractivity contribution in [1.29, 1.82) is 0 Å². The van der Waals surface area contributed by atoms with Crippen LogP contribution in [0.25, 0.3) is 0 Å². The van der Waals surface area contributed by atoms with Crippen LogP contribution in [0.4, 0.5) is 0 Å². The highest BCUT2D eigenvalue weighted by atomic mass is 16.5. The Kier molecular flexibility index (Phi) is 11.9. The van der Waals surface area contributed by atoms with Gasteiger partial charge in [0.25, 0.3) is 0 Å². The molecule has 0 amide bonds. The minimum absolute atomic E-state index is 0.0407. The Morgan fingerprint density at radius 1 is 1.03 bits per heavy atom. The van der Waals surface area contributed by atoms with Gasteiger partial charge in [0.05, 0.1) is 24.9 Å². The Morgan fingerprint density at radius 3 is 2.23 bits per heavy atom. The largest absolute Gasteiger partial charge is 0.494 e. The maximum absolute atomic E-state index is 9.98. The van der Waals surface area contributed by atoms with Crippen LogP contribution in [0.15, 0.2) is 24.3 Å². The number of ether oxygens (including phenoxy) is 2. The van der Waals surface area contributed by atoms with Crippen LogP contribution in [0, 0.1) is 11.8 Å². The molecule has 0 aromatic heterocycles. The fraction of sp³-hybridized carbons (Fsp3) is 0.778. The zero-order valence-corrected chi connectivity index (χ0v) is 20.3. The molecule has 1 aromatic rings. The van der Waals surface area contributed by atoms with Crippen molar-refractivity contribution in [3.8, 4) is 5.75 Å². The van der Waals surface area contributed by atoms with Crippen LogP contribution in [0.1, 0.15) is 90.0 Å². The van der Waals surface area contributed by atoms with E-state index in [9.17, 15) is 5.11 Å². The molecule has 0 bridgehead atoms. The van der Waals surface area contributed by atoms with E-state index in [0.717, 1.165) is 36.7 Å². The normalized spacial score (nSPS) is 17.4. The highest BCUT2D eigenvalue weighted by Crippen LogP contribution is 2.35. The third-order valence-corrected chi connectivity index (χ3v) is 6.90. The Hall–Kier alpha value is -1.10. The SMILES string of the molecule is CO[C@@H](Cc1ccc(OCCCCCCCCC(C)C)cc1)C(N)(CO)CC1CCC1. The van der Waals surface area contributed by atoms with Crippen LogP contribution >= 0.6 is 0 Å². The third kappa shape index (κ3) is 9.51. The summed E-state index contributed by atoms with van der Waals surface area (Å²) in [6, 6.07) is 8.27. The number of aliphatic hydroxyl groups is 1. The van der Waals surface area contributed by atoms with Crippen molar-refractivity contribution in [2.24, 2.45) is 17.6 Å². The van der Waals surface area contributed by atoms with Gasteiger partial charge in [-0.3, -0.25) is 0 Å². The summed E-state index contributed by atoms with van der Waals surface area (Å²) in [7, 11) is 1.70. The van der Waals surface area contributed by atoms with E-state index in [1.165, 1.54) is 57.8 Å². The van der Waals surface area contributed by atoms with Gasteiger partial charge < -0.3 is 20.3 Å². The van der Waals surface area contributed by atoms with Gasteiger partial charge >= 0.3 is 0 Å². The molecule has 0 spiro atoms. The fourth-order valence-corrected chi connectivity index (χ4v) is 4.54. The Bertz CT molecular complexity index is 585. The number of methoxy groups -OCH3 is 1. The standard InChI is InChI=1S/C27H47NO3/c1-22(2)11-8-6-4-5-7-9-18-31-25-16-14-23(15-17-25)19-26(30-3)27(28,21-29)20-24-12-10-13-24/h14-17,22,24,26,29H,4-13,18-21,28H2,1-3H3/t26-,27?/m0/s1. The number of rotatable bonds is 17. The van der Waals surface area contributed by atoms with Crippen LogP contribution < -0.4 is 10.5 Å². The van der Waals surface area contributed by atoms with Crippen LogP contribution in [0.5, 0.6) is 5.75 Å². The molecule has 1 aromatic carbocycles. The smallest absolute Gasteiger partial charge is 0.119 e. The van der Waals surface area contributed by atoms with Crippen molar-refractivity contribution in [3.63, 3.8) is 0 Å². The van der Waals surface area contributed by atoms with Crippen molar-refractivity contribution in [2.45, 2.75) is 103 Å². The zero-order chi connectivity index (χ0) is 22.5. The highest BCUT2D eigenvalue weighted by molar-refractivity contribution is 5.28. The molecular formula is C27H47NO3. The van der Waals surface area contributed by atoms with Crippen molar-refractivity contribution in [3.05, 3.63) is 29.8 Å². The van der Waals surface area contributed by atoms with Gasteiger partial charge in [0.2, 0.25) is 0 Å². The van der Waals surface area contributed by atoms with Gasteiger partial charge in [-0.05, 0) is 42.4 Å². The lowest BCUT2D eigenvalue weighted by Crippen LogP contribution is -2.57. The van der Waals surface area contributed by atoms with E-state index < -0.39 is 5.54 Å². The van der Waals surface area contributed by atoms with E-state index in [2.05, 4.69) is 26.0 Å². The number of hydrogen-bond donors (Lipinski definition) is 2. The summed E-state index contributed by atoms with van der Waals surface area (Å²) < 4.78 is 11.7. The molecule has 0 heterocycles. The molecule has 1 aliphatic carbocycles. The molecule has 1 unspecified atom stereocenters. The molecule has 0 radical (unpaired) electrons. The van der Waals surface area contributed by atoms with Crippen LogP contribution in [-0.4, -0.2) is 37.1 Å². The van der Waals surface area contributed by atoms with Gasteiger partial charge in [0, 0.05) is 13.5 Å². The summed E-state index contributed by atoms with van der Waals surface area (Å²) >= 11 is 0. The summed E-state index contributed by atoms with van der Waals surface area (Å²) in [6.45, 7) is 5.35. The molecular weight excluding hydrogens is 386 g/mol. The summed E-state index contributed by atoms with van der Waals surface area (Å²) in [5.74, 6) is 2.39. The van der Waals surface area contributed by atoms with Crippen molar-refractivity contribution >= 4 is 0 Å². The van der Waals surface area contributed by atoms with E-state index in [-0.39, 0.29) is 12.7 Å². The predicted octanol–water partition coefficient (Wildman–Crippen LogP) is 5.89. The van der Waals surface area contributed by atoms with Crippen molar-refractivity contribution < 1.29 is 14.6 Å². The van der Waals surface area contributed by atoms with Gasteiger partial charge in [-0.25, -0.2) is 0 Å². The third-order valence-electron chi connectivity index (χ3n) is 6.90. The van der Waals surface area contributed by atoms with Crippen molar-refractivity contribution in [1.82, 2.24) is 0 Å². The average Bonchev–Trinajstić information content (AvgIpc) is 2.74. The van der Waals surface area contributed by atoms with Crippen LogP contribution in [0.2, 0.25) is 0 Å². The molecule has 4 nitrogen and oxygen atoms in total. The highest BCUT2D eigenvalue weighted by Gasteiger charge is 2.38. The minimum atomic E-state index is -0.677. The van der Waals surface area contributed by atoms with E-state index in [4.69, 9.17) is 15.2 Å². The first-order chi connectivity index (χ1) is 15.0. The second-order valence-electron chi connectivity index (χ2n) is 10.1. The molecule has 0 aliphatic heterocycles. The summed E-state index contributed by atoms with van der Waals surface area (Å²) in [5, 5.41) is 9.98. The first-order valence-corrected chi connectivity index (χ1v) is 12.6. The van der Waals surface area contributed by atoms with E-state index in [0.29, 0.717) is 12.3 Å². The summed E-state index contributed by atoms with van der Waals surface area (Å²) in [4.78, 5) is 0. The average molecular weight is 434 g/mol. The van der Waals surface area contributed by atoms with Gasteiger partial charge in [-0.2, -0.15) is 0 Å². The van der Waals surface area contributed by atoms with Gasteiger partial charge in [0.15, 0.2) is 0 Å². The number of benzene rings is 1. The molecule has 178 valence electrons. The topological polar surface area (TPSA) is 64.7 Å². The Balaban J connectivity index is 1.67. The monoisotopic (exact) mass is 433 g/mol. The van der Waals surface area contributed by atoms with Crippen LogP contribution in [0.3, 0.4) is 0 Å². The number of aliphatic hydroxyl groups excluding tert-OH is 1. The van der Waals surface area contributed by atoms with Gasteiger partial charge in [-0.15, -0.1) is 0 Å². The Labute approximate surface area is 190 Å². The molecule has 4 heteroatoms. The summed E-state index contributed by atoms with van der Waals surface area (Å²) in [5.41, 5.74) is 7.07. The second-order valence-corrected chi connectivity index (χ2v) is 10.1. The molecule has 0 saturated heterocycles. The van der Waals surface area contributed by atoms with Crippen LogP contribution in [-0.2, 0) is 11.2 Å². The van der Waals surface area contributed by atoms with E-state index in [1.807, 2.05) is 12.1 Å². The first-order valence-electron chi connectivity index (χ1n) is 12.6. The lowest BCUT2D eigenvalue weighted by Gasteiger charge is -2.40. The first kappa shape index (κ1) is 26.2. The number of nitrogens with two attached hydrogens (primary N) is 1. The lowest BCUT2D eigenvalue weighted by molar-refractivity contribution is -0.00997. The molecule has 2 rings (SSSR count). The van der Waals surface area contributed by atoms with E-state index in [1.54, 1.807) is 7.11 Å². The quantitative estimate of drug-likeness (QED) is 0.301. The molecule has 1 aliphatic rings. The molecule has 1 fully saturated rings. The second kappa shape index (κ2) is 14.1. The molecule has 2 atom stereocenters. The fourth-order valence-electron chi connectivity index (χ4n) is 4.54. The maximum Gasteiger partial charge on any atom is 0.119 e. The van der Waals surface area contributed by atoms with Gasteiger partial charge in [-0.1, -0.05) is 83.8 Å². The lowest BCUT2D eigenvalue weighted by atomic mass is 9.73. The Morgan fingerprint density at radius 2 is 1.68 bits per heavy atom. The molecule has 31 heavy (non-hydrogen) atoms. The molecule has 1 saturated carbocycles. The predicted molar refractivity (Wildman–Crippen MR) is 130 cm³/mol. The minimum Gasteiger partial charge on any atom is -0.494 e. The van der Waals surface area contributed by atoms with Gasteiger partial charge in [0.1, 0.15) is 5.75 Å². The van der Waals surface area contributed by atoms with E-state index >= 15 is 0 Å². The number of hydrogen-bond acceptors (Lipinski definition) is 4. The maximum atomic E-state index is 9.98. The van der Waals surface area contributed by atoms with Crippen molar-refractivity contribution in [2.75, 3.05) is 20.3 Å². The summed E-state index contributed by atoms with van der Waals surface area (Å²) in [6.07, 6.45) is 14.2. The molecule has 3 N–H and O–H groups in total.